The van der Waals surface area contributed by atoms with E-state index in [1.54, 1.807) is 13.1 Å². The van der Waals surface area contributed by atoms with Gasteiger partial charge < -0.3 is 14.2 Å². The summed E-state index contributed by atoms with van der Waals surface area (Å²) in [5.74, 6) is -1.66. The fourth-order valence-electron chi connectivity index (χ4n) is 3.80. The molecule has 0 saturated carbocycles. The Morgan fingerprint density at radius 2 is 1.81 bits per heavy atom. The first-order chi connectivity index (χ1) is 17.5. The fraction of sp³-hybridized carbons (Fsp3) is 0.500. The van der Waals surface area contributed by atoms with E-state index in [-0.39, 0.29) is 17.3 Å². The highest BCUT2D eigenvalue weighted by atomic mass is 19.4. The van der Waals surface area contributed by atoms with Crippen molar-refractivity contribution in [2.45, 2.75) is 59.2 Å². The van der Waals surface area contributed by atoms with E-state index in [2.05, 4.69) is 5.10 Å². The zero-order valence-corrected chi connectivity index (χ0v) is 21.6. The van der Waals surface area contributed by atoms with Gasteiger partial charge in [-0.1, -0.05) is 19.9 Å². The molecule has 0 unspecified atom stereocenters. The van der Waals surface area contributed by atoms with Crippen LogP contribution in [0.15, 0.2) is 41.1 Å². The third-order valence-corrected chi connectivity index (χ3v) is 5.65. The summed E-state index contributed by atoms with van der Waals surface area (Å²) in [6, 6.07) is 5.81. The van der Waals surface area contributed by atoms with Crippen molar-refractivity contribution in [1.29, 1.82) is 0 Å². The number of furan rings is 1. The lowest BCUT2D eigenvalue weighted by Crippen LogP contribution is -2.36. The zero-order chi connectivity index (χ0) is 27.6. The highest BCUT2D eigenvalue weighted by Crippen LogP contribution is 2.26. The van der Waals surface area contributed by atoms with Crippen molar-refractivity contribution in [3.05, 3.63) is 53.8 Å². The van der Waals surface area contributed by atoms with E-state index in [4.69, 9.17) is 4.42 Å². The minimum Gasteiger partial charge on any atom is -0.448 e. The summed E-state index contributed by atoms with van der Waals surface area (Å²) < 4.78 is 57.1. The van der Waals surface area contributed by atoms with E-state index in [1.807, 2.05) is 35.7 Å². The average Bonchev–Trinajstić information content (AvgIpc) is 3.57. The molecule has 1 aromatic carbocycles. The maximum atomic E-state index is 13.5. The summed E-state index contributed by atoms with van der Waals surface area (Å²) in [7, 11) is 1.01. The van der Waals surface area contributed by atoms with Crippen LogP contribution in [0.2, 0.25) is 0 Å². The molecular weight excluding hydrogens is 492 g/mol. The number of hydrogen-bond donors (Lipinski definition) is 0. The van der Waals surface area contributed by atoms with Gasteiger partial charge in [0.15, 0.2) is 17.2 Å². The molecular formula is C26H34F4N4O3. The molecule has 2 amide bonds. The predicted octanol–water partition coefficient (Wildman–Crippen LogP) is 5.83. The molecule has 0 atom stereocenters. The summed E-state index contributed by atoms with van der Waals surface area (Å²) in [5.41, 5.74) is 0.538. The topological polar surface area (TPSA) is 71.6 Å². The van der Waals surface area contributed by atoms with Crippen LogP contribution in [0, 0.1) is 12.7 Å². The van der Waals surface area contributed by atoms with Crippen molar-refractivity contribution in [2.24, 2.45) is 0 Å². The van der Waals surface area contributed by atoms with Crippen LogP contribution in [0.4, 0.5) is 17.6 Å². The second-order valence-electron chi connectivity index (χ2n) is 8.45. The Morgan fingerprint density at radius 3 is 2.38 bits per heavy atom. The molecule has 204 valence electrons. The lowest BCUT2D eigenvalue weighted by molar-refractivity contribution is -0.138. The van der Waals surface area contributed by atoms with Gasteiger partial charge in [-0.3, -0.25) is 14.3 Å². The third kappa shape index (κ3) is 8.91. The fourth-order valence-corrected chi connectivity index (χ4v) is 3.80. The first kappa shape index (κ1) is 29.9. The molecule has 11 heteroatoms. The number of hydrogen-bond acceptors (Lipinski definition) is 4. The van der Waals surface area contributed by atoms with Crippen molar-refractivity contribution in [1.82, 2.24) is 19.6 Å². The van der Waals surface area contributed by atoms with Crippen LogP contribution >= 0.6 is 0 Å². The van der Waals surface area contributed by atoms with E-state index in [0.29, 0.717) is 28.8 Å². The van der Waals surface area contributed by atoms with E-state index in [9.17, 15) is 27.2 Å². The summed E-state index contributed by atoms with van der Waals surface area (Å²) in [4.78, 5) is 26.1. The summed E-state index contributed by atoms with van der Waals surface area (Å²) >= 11 is 0. The van der Waals surface area contributed by atoms with E-state index >= 15 is 0 Å². The van der Waals surface area contributed by atoms with Gasteiger partial charge in [0.2, 0.25) is 5.91 Å². The van der Waals surface area contributed by atoms with E-state index in [0.717, 1.165) is 33.0 Å². The number of carbonyl (C=O) groups excluding carboxylic acids is 2. The number of alkyl halides is 3. The third-order valence-electron chi connectivity index (χ3n) is 5.65. The number of fused-ring (bicyclic) bond motifs is 1. The molecule has 3 heterocycles. The Morgan fingerprint density at radius 1 is 1.14 bits per heavy atom. The quantitative estimate of drug-likeness (QED) is 0.393. The minimum absolute atomic E-state index is 0.131. The molecule has 0 aliphatic carbocycles. The van der Waals surface area contributed by atoms with Crippen molar-refractivity contribution in [2.75, 3.05) is 26.7 Å². The van der Waals surface area contributed by atoms with Crippen molar-refractivity contribution >= 4 is 22.8 Å². The van der Waals surface area contributed by atoms with Gasteiger partial charge in [0.25, 0.3) is 5.91 Å². The van der Waals surface area contributed by atoms with Crippen molar-refractivity contribution in [3.8, 4) is 0 Å². The number of halogens is 4. The van der Waals surface area contributed by atoms with E-state index < -0.39 is 24.4 Å². The van der Waals surface area contributed by atoms with Crippen LogP contribution in [-0.4, -0.2) is 64.3 Å². The Hall–Kier alpha value is -3.37. The molecule has 0 bridgehead atoms. The predicted molar refractivity (Wildman–Crippen MR) is 133 cm³/mol. The lowest BCUT2D eigenvalue weighted by atomic mass is 10.1. The van der Waals surface area contributed by atoms with Crippen LogP contribution in [0.5, 0.6) is 0 Å². The Kier molecular flexibility index (Phi) is 11.1. The second-order valence-corrected chi connectivity index (χ2v) is 8.45. The van der Waals surface area contributed by atoms with Crippen LogP contribution in [0.3, 0.4) is 0 Å². The van der Waals surface area contributed by atoms with Gasteiger partial charge >= 0.3 is 6.18 Å². The number of aromatic nitrogens is 2. The number of amides is 2. The van der Waals surface area contributed by atoms with Gasteiger partial charge in [0, 0.05) is 50.9 Å². The minimum atomic E-state index is -4.50. The number of nitrogens with zero attached hydrogens (tertiary/aromatic N) is 4. The number of piperidine rings is 1. The van der Waals surface area contributed by atoms with E-state index in [1.165, 1.54) is 24.6 Å². The van der Waals surface area contributed by atoms with Crippen molar-refractivity contribution in [3.63, 3.8) is 0 Å². The average molecular weight is 527 g/mol. The molecule has 0 N–H and O–H groups in total. The molecule has 37 heavy (non-hydrogen) atoms. The summed E-state index contributed by atoms with van der Waals surface area (Å²) in [6.07, 6.45) is 3.29. The van der Waals surface area contributed by atoms with Crippen LogP contribution in [0.1, 0.15) is 55.6 Å². The normalized spacial score (nSPS) is 13.4. The molecule has 1 aliphatic heterocycles. The number of likely N-dealkylation sites (tertiary alicyclic amines) is 1. The maximum Gasteiger partial charge on any atom is 0.406 e. The van der Waals surface area contributed by atoms with Crippen molar-refractivity contribution < 1.29 is 31.6 Å². The van der Waals surface area contributed by atoms with Crippen LogP contribution in [-0.2, 0) is 11.3 Å². The molecule has 1 fully saturated rings. The van der Waals surface area contributed by atoms with Crippen LogP contribution in [0.25, 0.3) is 11.0 Å². The SMILES string of the molecule is CC.Cc1ccc(F)c2oc(C(=O)N(C)CC(F)(F)F)cc12.O=C(CCn1cccn1)N1CCCCC1. The maximum absolute atomic E-state index is 13.5. The van der Waals surface area contributed by atoms with Gasteiger partial charge in [-0.25, -0.2) is 4.39 Å². The largest absolute Gasteiger partial charge is 0.448 e. The van der Waals surface area contributed by atoms with Crippen LogP contribution < -0.4 is 0 Å². The van der Waals surface area contributed by atoms with Gasteiger partial charge in [0.1, 0.15) is 6.54 Å². The standard InChI is InChI=1S/C13H11F4NO2.C11H17N3O.C2H6/c1-7-3-4-9(14)11-8(7)5-10(20-11)12(19)18(2)6-13(15,16)17;15-11(13-7-2-1-3-8-13)5-10-14-9-4-6-12-14;1-2/h3-5H,6H2,1-2H3;4,6,9H,1-3,5,7-8,10H2;1-2H3. The monoisotopic (exact) mass is 526 g/mol. The Bertz CT molecular complexity index is 1100. The molecule has 1 aliphatic rings. The summed E-state index contributed by atoms with van der Waals surface area (Å²) in [6.45, 7) is 6.87. The number of aryl methyl sites for hydroxylation is 2. The first-order valence-corrected chi connectivity index (χ1v) is 12.3. The lowest BCUT2D eigenvalue weighted by Gasteiger charge is -2.26. The van der Waals surface area contributed by atoms with Gasteiger partial charge in [0.05, 0.1) is 0 Å². The molecule has 0 spiro atoms. The second kappa shape index (κ2) is 13.8. The first-order valence-electron chi connectivity index (χ1n) is 12.3. The van der Waals surface area contributed by atoms with Gasteiger partial charge in [-0.05, 0) is 49.9 Å². The zero-order valence-electron chi connectivity index (χ0n) is 21.6. The number of carbonyl (C=O) groups is 2. The molecule has 7 nitrogen and oxygen atoms in total. The molecule has 2 aromatic heterocycles. The molecule has 3 aromatic rings. The molecule has 4 rings (SSSR count). The Labute approximate surface area is 214 Å². The van der Waals surface area contributed by atoms with Gasteiger partial charge in [-0.15, -0.1) is 0 Å². The summed E-state index contributed by atoms with van der Waals surface area (Å²) in [5, 5.41) is 4.45. The highest BCUT2D eigenvalue weighted by Gasteiger charge is 2.32. The Balaban J connectivity index is 0.000000252. The highest BCUT2D eigenvalue weighted by molar-refractivity contribution is 5.96. The number of rotatable bonds is 5. The smallest absolute Gasteiger partial charge is 0.406 e. The van der Waals surface area contributed by atoms with Gasteiger partial charge in [-0.2, -0.15) is 18.3 Å². The molecule has 1 saturated heterocycles. The molecule has 0 radical (unpaired) electrons. The number of benzene rings is 1.